The molecule has 2 rings (SSSR count). The van der Waals surface area contributed by atoms with Crippen molar-refractivity contribution >= 4 is 5.91 Å². The monoisotopic (exact) mass is 277 g/mol. The van der Waals surface area contributed by atoms with E-state index >= 15 is 0 Å². The van der Waals surface area contributed by atoms with Crippen LogP contribution in [0.25, 0.3) is 0 Å². The molecule has 1 aliphatic heterocycles. The van der Waals surface area contributed by atoms with Crippen molar-refractivity contribution in [2.75, 3.05) is 13.2 Å². The molecule has 4 heteroatoms. The third kappa shape index (κ3) is 4.23. The Morgan fingerprint density at radius 2 is 2.20 bits per heavy atom. The Labute approximate surface area is 120 Å². The SMILES string of the molecule is CCOc1ccc(CC(=O)N[C@H](C)[C@@H]2CCCO2)cc1. The zero-order valence-electron chi connectivity index (χ0n) is 12.2. The second kappa shape index (κ2) is 7.29. The highest BCUT2D eigenvalue weighted by atomic mass is 16.5. The minimum Gasteiger partial charge on any atom is -0.494 e. The van der Waals surface area contributed by atoms with E-state index in [0.29, 0.717) is 13.0 Å². The first-order valence-electron chi connectivity index (χ1n) is 7.31. The van der Waals surface area contributed by atoms with Gasteiger partial charge in [-0.1, -0.05) is 12.1 Å². The second-order valence-electron chi connectivity index (χ2n) is 5.16. The number of carbonyl (C=O) groups excluding carboxylic acids is 1. The number of carbonyl (C=O) groups is 1. The lowest BCUT2D eigenvalue weighted by Crippen LogP contribution is -2.41. The third-order valence-electron chi connectivity index (χ3n) is 3.51. The summed E-state index contributed by atoms with van der Waals surface area (Å²) in [5, 5.41) is 3.01. The van der Waals surface area contributed by atoms with Crippen molar-refractivity contribution in [3.05, 3.63) is 29.8 Å². The van der Waals surface area contributed by atoms with Crippen LogP contribution in [0.1, 0.15) is 32.3 Å². The Balaban J connectivity index is 1.81. The first-order chi connectivity index (χ1) is 9.69. The molecular weight excluding hydrogens is 254 g/mol. The van der Waals surface area contributed by atoms with Gasteiger partial charge >= 0.3 is 0 Å². The lowest BCUT2D eigenvalue weighted by Gasteiger charge is -2.20. The molecule has 1 fully saturated rings. The van der Waals surface area contributed by atoms with Gasteiger partial charge in [-0.3, -0.25) is 4.79 Å². The van der Waals surface area contributed by atoms with E-state index in [0.717, 1.165) is 30.8 Å². The minimum absolute atomic E-state index is 0.0390. The lowest BCUT2D eigenvalue weighted by molar-refractivity contribution is -0.121. The second-order valence-corrected chi connectivity index (χ2v) is 5.16. The van der Waals surface area contributed by atoms with Crippen LogP contribution >= 0.6 is 0 Å². The van der Waals surface area contributed by atoms with Gasteiger partial charge in [-0.25, -0.2) is 0 Å². The quantitative estimate of drug-likeness (QED) is 0.868. The average Bonchev–Trinajstić information content (AvgIpc) is 2.95. The van der Waals surface area contributed by atoms with Crippen LogP contribution in [0.5, 0.6) is 5.75 Å². The molecule has 2 atom stereocenters. The van der Waals surface area contributed by atoms with Crippen LogP contribution in [0.3, 0.4) is 0 Å². The first kappa shape index (κ1) is 14.9. The average molecular weight is 277 g/mol. The van der Waals surface area contributed by atoms with Crippen molar-refractivity contribution in [1.82, 2.24) is 5.32 Å². The maximum absolute atomic E-state index is 12.0. The molecule has 1 N–H and O–H groups in total. The molecule has 110 valence electrons. The van der Waals surface area contributed by atoms with Gasteiger partial charge in [0.25, 0.3) is 0 Å². The van der Waals surface area contributed by atoms with Crippen LogP contribution in [0, 0.1) is 0 Å². The largest absolute Gasteiger partial charge is 0.494 e. The molecule has 20 heavy (non-hydrogen) atoms. The molecule has 0 unspecified atom stereocenters. The molecule has 0 radical (unpaired) electrons. The fourth-order valence-electron chi connectivity index (χ4n) is 2.45. The number of rotatable bonds is 6. The van der Waals surface area contributed by atoms with Crippen LogP contribution < -0.4 is 10.1 Å². The third-order valence-corrected chi connectivity index (χ3v) is 3.51. The van der Waals surface area contributed by atoms with E-state index < -0.39 is 0 Å². The van der Waals surface area contributed by atoms with Gasteiger partial charge in [0.05, 0.1) is 25.2 Å². The summed E-state index contributed by atoms with van der Waals surface area (Å²) in [6.45, 7) is 5.42. The Hall–Kier alpha value is -1.55. The van der Waals surface area contributed by atoms with E-state index in [4.69, 9.17) is 9.47 Å². The summed E-state index contributed by atoms with van der Waals surface area (Å²) in [5.41, 5.74) is 0.991. The maximum Gasteiger partial charge on any atom is 0.224 e. The standard InChI is InChI=1S/C16H23NO3/c1-3-19-14-8-6-13(7-9-14)11-16(18)17-12(2)15-5-4-10-20-15/h6-9,12,15H,3-5,10-11H2,1-2H3,(H,17,18)/t12-,15+/m1/s1. The molecule has 0 saturated carbocycles. The number of hydrogen-bond acceptors (Lipinski definition) is 3. The number of ether oxygens (including phenoxy) is 2. The highest BCUT2D eigenvalue weighted by Crippen LogP contribution is 2.16. The smallest absolute Gasteiger partial charge is 0.224 e. The van der Waals surface area contributed by atoms with Crippen LogP contribution in [-0.4, -0.2) is 31.3 Å². The van der Waals surface area contributed by atoms with Crippen LogP contribution in [0.15, 0.2) is 24.3 Å². The molecule has 4 nitrogen and oxygen atoms in total. The van der Waals surface area contributed by atoms with Crippen LogP contribution in [-0.2, 0) is 16.0 Å². The maximum atomic E-state index is 12.0. The van der Waals surface area contributed by atoms with Gasteiger partial charge in [-0.2, -0.15) is 0 Å². The number of hydrogen-bond donors (Lipinski definition) is 1. The number of amides is 1. The normalized spacial score (nSPS) is 19.6. The minimum atomic E-state index is 0.0390. The predicted octanol–water partition coefficient (Wildman–Crippen LogP) is 2.31. The topological polar surface area (TPSA) is 47.6 Å². The highest BCUT2D eigenvalue weighted by Gasteiger charge is 2.23. The molecule has 1 amide bonds. The van der Waals surface area contributed by atoms with E-state index in [-0.39, 0.29) is 18.1 Å². The summed E-state index contributed by atoms with van der Waals surface area (Å²) in [4.78, 5) is 12.0. The lowest BCUT2D eigenvalue weighted by atomic mass is 10.1. The van der Waals surface area contributed by atoms with Gasteiger partial charge in [0.1, 0.15) is 5.75 Å². The fraction of sp³-hybridized carbons (Fsp3) is 0.562. The van der Waals surface area contributed by atoms with Crippen molar-refractivity contribution in [2.45, 2.75) is 45.3 Å². The number of nitrogens with one attached hydrogen (secondary N) is 1. The van der Waals surface area contributed by atoms with E-state index in [1.165, 1.54) is 0 Å². The fourth-order valence-corrected chi connectivity index (χ4v) is 2.45. The summed E-state index contributed by atoms with van der Waals surface area (Å²) in [7, 11) is 0. The molecule has 0 bridgehead atoms. The Bertz CT molecular complexity index is 424. The van der Waals surface area contributed by atoms with E-state index in [9.17, 15) is 4.79 Å². The molecule has 1 saturated heterocycles. The molecule has 1 aromatic carbocycles. The highest BCUT2D eigenvalue weighted by molar-refractivity contribution is 5.78. The number of benzene rings is 1. The van der Waals surface area contributed by atoms with Gasteiger partial charge < -0.3 is 14.8 Å². The first-order valence-corrected chi connectivity index (χ1v) is 7.31. The summed E-state index contributed by atoms with van der Waals surface area (Å²) < 4.78 is 11.0. The van der Waals surface area contributed by atoms with Crippen molar-refractivity contribution < 1.29 is 14.3 Å². The van der Waals surface area contributed by atoms with Crippen molar-refractivity contribution in [1.29, 1.82) is 0 Å². The van der Waals surface area contributed by atoms with Crippen molar-refractivity contribution in [3.63, 3.8) is 0 Å². The molecule has 0 aliphatic carbocycles. The Kier molecular flexibility index (Phi) is 5.41. The molecule has 0 aromatic heterocycles. The molecule has 0 spiro atoms. The summed E-state index contributed by atoms with van der Waals surface area (Å²) >= 11 is 0. The summed E-state index contributed by atoms with van der Waals surface area (Å²) in [6.07, 6.45) is 2.68. The van der Waals surface area contributed by atoms with Gasteiger partial charge in [0, 0.05) is 6.61 Å². The molecule has 1 aliphatic rings. The van der Waals surface area contributed by atoms with Crippen molar-refractivity contribution in [3.8, 4) is 5.75 Å². The Morgan fingerprint density at radius 1 is 1.45 bits per heavy atom. The van der Waals surface area contributed by atoms with Gasteiger partial charge in [0.15, 0.2) is 0 Å². The van der Waals surface area contributed by atoms with E-state index in [1.54, 1.807) is 0 Å². The van der Waals surface area contributed by atoms with Gasteiger partial charge in [0.2, 0.25) is 5.91 Å². The molecular formula is C16H23NO3. The summed E-state index contributed by atoms with van der Waals surface area (Å²) in [5.74, 6) is 0.876. The van der Waals surface area contributed by atoms with Crippen molar-refractivity contribution in [2.24, 2.45) is 0 Å². The zero-order chi connectivity index (χ0) is 14.4. The van der Waals surface area contributed by atoms with E-state index in [1.807, 2.05) is 38.1 Å². The van der Waals surface area contributed by atoms with Crippen LogP contribution in [0.2, 0.25) is 0 Å². The predicted molar refractivity (Wildman–Crippen MR) is 77.9 cm³/mol. The summed E-state index contributed by atoms with van der Waals surface area (Å²) in [6, 6.07) is 7.74. The zero-order valence-corrected chi connectivity index (χ0v) is 12.2. The van der Waals surface area contributed by atoms with E-state index in [2.05, 4.69) is 5.32 Å². The van der Waals surface area contributed by atoms with Gasteiger partial charge in [-0.05, 0) is 44.4 Å². The molecule has 1 aromatic rings. The molecule has 1 heterocycles. The Morgan fingerprint density at radius 3 is 2.80 bits per heavy atom. The van der Waals surface area contributed by atoms with Gasteiger partial charge in [-0.15, -0.1) is 0 Å². The van der Waals surface area contributed by atoms with Crippen LogP contribution in [0.4, 0.5) is 0 Å².